The first-order valence-electron chi connectivity index (χ1n) is 14.8. The maximum absolute atomic E-state index is 12.5. The van der Waals surface area contributed by atoms with E-state index in [-0.39, 0.29) is 12.1 Å². The van der Waals surface area contributed by atoms with Crippen LogP contribution in [-0.4, -0.2) is 43.8 Å². The van der Waals surface area contributed by atoms with Gasteiger partial charge in [-0.1, -0.05) is 45.3 Å². The first kappa shape index (κ1) is 32.4. The summed E-state index contributed by atoms with van der Waals surface area (Å²) >= 11 is 0. The van der Waals surface area contributed by atoms with Gasteiger partial charge in [0.2, 0.25) is 0 Å². The molecule has 0 bridgehead atoms. The van der Waals surface area contributed by atoms with Gasteiger partial charge >= 0.3 is 17.9 Å². The molecule has 42 heavy (non-hydrogen) atoms. The summed E-state index contributed by atoms with van der Waals surface area (Å²) in [7, 11) is 0. The highest BCUT2D eigenvalue weighted by atomic mass is 16.6. The normalized spacial score (nSPS) is 14.2. The number of carbonyl (C=O) groups excluding carboxylic acids is 3. The fourth-order valence-corrected chi connectivity index (χ4v) is 4.43. The molecule has 1 atom stereocenters. The molecule has 0 amide bonds. The zero-order valence-corrected chi connectivity index (χ0v) is 24.4. The first-order valence-corrected chi connectivity index (χ1v) is 14.8. The average molecular weight is 579 g/mol. The molecule has 8 heteroatoms. The predicted octanol–water partition coefficient (Wildman–Crippen LogP) is 7.17. The molecule has 8 nitrogen and oxygen atoms in total. The summed E-state index contributed by atoms with van der Waals surface area (Å²) < 4.78 is 27.1. The summed E-state index contributed by atoms with van der Waals surface area (Å²) in [5, 5.41) is 0. The van der Waals surface area contributed by atoms with E-state index in [1.807, 2.05) is 0 Å². The van der Waals surface area contributed by atoms with Gasteiger partial charge in [0.25, 0.3) is 0 Å². The van der Waals surface area contributed by atoms with Crippen LogP contribution in [0.25, 0.3) is 0 Å². The molecule has 2 aromatic carbocycles. The Bertz CT molecular complexity index is 1140. The van der Waals surface area contributed by atoms with Crippen LogP contribution in [0.1, 0.15) is 81.0 Å². The molecule has 0 saturated carbocycles. The number of unbranched alkanes of at least 4 members (excludes halogenated alkanes) is 7. The van der Waals surface area contributed by atoms with Gasteiger partial charge in [-0.05, 0) is 80.6 Å². The van der Waals surface area contributed by atoms with Gasteiger partial charge < -0.3 is 23.7 Å². The van der Waals surface area contributed by atoms with Crippen molar-refractivity contribution in [3.05, 3.63) is 78.9 Å². The molecule has 3 rings (SSSR count). The van der Waals surface area contributed by atoms with E-state index >= 15 is 0 Å². The Morgan fingerprint density at radius 1 is 0.762 bits per heavy atom. The number of hydrogen-bond donors (Lipinski definition) is 0. The van der Waals surface area contributed by atoms with Gasteiger partial charge in [-0.2, -0.15) is 0 Å². The molecule has 0 aromatic heterocycles. The monoisotopic (exact) mass is 578 g/mol. The van der Waals surface area contributed by atoms with Gasteiger partial charge in [0.15, 0.2) is 0 Å². The minimum atomic E-state index is -0.445. The molecule has 0 N–H and O–H groups in total. The summed E-state index contributed by atoms with van der Waals surface area (Å²) in [5.74, 6) is 0.708. The van der Waals surface area contributed by atoms with Crippen molar-refractivity contribution in [1.29, 1.82) is 0 Å². The summed E-state index contributed by atoms with van der Waals surface area (Å²) in [6.45, 7) is 8.53. The number of ether oxygens (including phenoxy) is 5. The van der Waals surface area contributed by atoms with E-state index < -0.39 is 11.9 Å². The van der Waals surface area contributed by atoms with E-state index in [0.717, 1.165) is 50.4 Å². The molecule has 1 aliphatic heterocycles. The Kier molecular flexibility index (Phi) is 14.2. The number of cyclic esters (lactones) is 1. The lowest BCUT2D eigenvalue weighted by atomic mass is 10.0. The highest BCUT2D eigenvalue weighted by Crippen LogP contribution is 2.24. The molecule has 1 unspecified atom stereocenters. The van der Waals surface area contributed by atoms with Crippen LogP contribution in [0.2, 0.25) is 0 Å². The van der Waals surface area contributed by atoms with E-state index in [1.54, 1.807) is 48.5 Å². The Hall–Kier alpha value is -4.07. The molecular formula is C34H42O8. The van der Waals surface area contributed by atoms with Gasteiger partial charge in [0.1, 0.15) is 23.4 Å². The van der Waals surface area contributed by atoms with E-state index in [9.17, 15) is 14.4 Å². The van der Waals surface area contributed by atoms with E-state index in [4.69, 9.17) is 23.7 Å². The van der Waals surface area contributed by atoms with Crippen molar-refractivity contribution in [3.8, 4) is 17.2 Å². The third-order valence-electron chi connectivity index (χ3n) is 6.82. The minimum Gasteiger partial charge on any atom is -0.494 e. The molecule has 2 aromatic rings. The lowest BCUT2D eigenvalue weighted by Gasteiger charge is -2.09. The SMILES string of the molecule is C=CC(=O)OCCCCOc1ccc(OC(=O)c2ccc(OCCCCCCCCCC3CC(=C)C(=O)O3)cc2)cc1. The minimum absolute atomic E-state index is 0.0340. The third kappa shape index (κ3) is 12.2. The highest BCUT2D eigenvalue weighted by molar-refractivity contribution is 5.91. The second-order valence-electron chi connectivity index (χ2n) is 10.3. The molecule has 1 aliphatic rings. The molecular weight excluding hydrogens is 536 g/mol. The van der Waals surface area contributed by atoms with Gasteiger partial charge in [-0.15, -0.1) is 0 Å². The van der Waals surface area contributed by atoms with Gasteiger partial charge in [-0.25, -0.2) is 14.4 Å². The second kappa shape index (κ2) is 18.4. The van der Waals surface area contributed by atoms with Crippen molar-refractivity contribution in [1.82, 2.24) is 0 Å². The van der Waals surface area contributed by atoms with E-state index in [0.29, 0.717) is 55.3 Å². The molecule has 1 saturated heterocycles. The Morgan fingerprint density at radius 3 is 1.88 bits per heavy atom. The summed E-state index contributed by atoms with van der Waals surface area (Å²) in [5.41, 5.74) is 1.04. The Morgan fingerprint density at radius 2 is 1.29 bits per heavy atom. The van der Waals surface area contributed by atoms with E-state index in [1.165, 1.54) is 19.3 Å². The fraction of sp³-hybridized carbons (Fsp3) is 0.441. The zero-order chi connectivity index (χ0) is 30.0. The van der Waals surface area contributed by atoms with Crippen molar-refractivity contribution in [3.63, 3.8) is 0 Å². The van der Waals surface area contributed by atoms with Crippen LogP contribution in [0.4, 0.5) is 0 Å². The number of benzene rings is 2. The third-order valence-corrected chi connectivity index (χ3v) is 6.82. The van der Waals surface area contributed by atoms with Gasteiger partial charge in [0, 0.05) is 18.1 Å². The van der Waals surface area contributed by atoms with Crippen LogP contribution < -0.4 is 14.2 Å². The van der Waals surface area contributed by atoms with Crippen LogP contribution in [0, 0.1) is 0 Å². The Balaban J connectivity index is 1.21. The van der Waals surface area contributed by atoms with Crippen LogP contribution in [0.5, 0.6) is 17.2 Å². The summed E-state index contributed by atoms with van der Waals surface area (Å²) in [6.07, 6.45) is 12.1. The van der Waals surface area contributed by atoms with Crippen LogP contribution in [0.3, 0.4) is 0 Å². The number of rotatable bonds is 20. The van der Waals surface area contributed by atoms with Crippen molar-refractivity contribution >= 4 is 17.9 Å². The number of hydrogen-bond acceptors (Lipinski definition) is 8. The van der Waals surface area contributed by atoms with E-state index in [2.05, 4.69) is 13.2 Å². The fourth-order valence-electron chi connectivity index (χ4n) is 4.43. The topological polar surface area (TPSA) is 97.4 Å². The predicted molar refractivity (Wildman–Crippen MR) is 160 cm³/mol. The Labute approximate surface area is 248 Å². The molecule has 1 heterocycles. The molecule has 0 radical (unpaired) electrons. The lowest BCUT2D eigenvalue weighted by molar-refractivity contribution is -0.139. The highest BCUT2D eigenvalue weighted by Gasteiger charge is 2.26. The van der Waals surface area contributed by atoms with Gasteiger partial charge in [0.05, 0.1) is 25.4 Å². The zero-order valence-electron chi connectivity index (χ0n) is 24.4. The van der Waals surface area contributed by atoms with Crippen molar-refractivity contribution in [2.24, 2.45) is 0 Å². The smallest absolute Gasteiger partial charge is 0.343 e. The first-order chi connectivity index (χ1) is 20.4. The summed E-state index contributed by atoms with van der Waals surface area (Å²) in [4.78, 5) is 34.8. The van der Waals surface area contributed by atoms with Crippen molar-refractivity contribution in [2.45, 2.75) is 76.7 Å². The summed E-state index contributed by atoms with van der Waals surface area (Å²) in [6, 6.07) is 13.8. The molecule has 1 fully saturated rings. The maximum atomic E-state index is 12.5. The molecule has 0 aliphatic carbocycles. The number of esters is 3. The second-order valence-corrected chi connectivity index (χ2v) is 10.3. The maximum Gasteiger partial charge on any atom is 0.343 e. The van der Waals surface area contributed by atoms with Crippen molar-refractivity contribution in [2.75, 3.05) is 19.8 Å². The van der Waals surface area contributed by atoms with Crippen LogP contribution in [-0.2, 0) is 19.1 Å². The average Bonchev–Trinajstić information content (AvgIpc) is 3.32. The lowest BCUT2D eigenvalue weighted by Crippen LogP contribution is -2.08. The van der Waals surface area contributed by atoms with Gasteiger partial charge in [-0.3, -0.25) is 0 Å². The van der Waals surface area contributed by atoms with Crippen LogP contribution in [0.15, 0.2) is 73.3 Å². The standard InChI is InChI=1S/C34H42O8/c1-3-32(35)40-24-12-11-23-39-29-18-20-30(21-19-29)41-34(37)27-14-16-28(17-15-27)38-22-10-8-6-4-5-7-9-13-31-25-26(2)33(36)42-31/h3,14-21,31H,1-2,4-13,22-25H2. The largest absolute Gasteiger partial charge is 0.494 e. The quantitative estimate of drug-likeness (QED) is 0.0706. The van der Waals surface area contributed by atoms with Crippen molar-refractivity contribution < 1.29 is 38.1 Å². The molecule has 226 valence electrons. The van der Waals surface area contributed by atoms with Crippen LogP contribution >= 0.6 is 0 Å². The molecule has 0 spiro atoms. The number of carbonyl (C=O) groups is 3.